The van der Waals surface area contributed by atoms with E-state index >= 15 is 0 Å². The molecule has 0 fully saturated rings. The van der Waals surface area contributed by atoms with E-state index in [2.05, 4.69) is 17.1 Å². The van der Waals surface area contributed by atoms with E-state index in [1.165, 1.54) is 5.56 Å². The van der Waals surface area contributed by atoms with Crippen LogP contribution in [0.15, 0.2) is 36.4 Å². The number of nitrogens with zero attached hydrogens (tertiary/aromatic N) is 1. The van der Waals surface area contributed by atoms with Gasteiger partial charge in [0.15, 0.2) is 0 Å². The first-order chi connectivity index (χ1) is 7.88. The second-order valence-corrected chi connectivity index (χ2v) is 3.61. The van der Waals surface area contributed by atoms with Crippen LogP contribution in [0.2, 0.25) is 0 Å². The highest BCUT2D eigenvalue weighted by Crippen LogP contribution is 2.05. The molecule has 1 aromatic carbocycles. The first-order valence-corrected chi connectivity index (χ1v) is 5.32. The third kappa shape index (κ3) is 2.94. The number of nitrogens with one attached hydrogen (secondary N) is 1. The summed E-state index contributed by atoms with van der Waals surface area (Å²) in [5, 5.41) is 7.04. The van der Waals surface area contributed by atoms with Crippen LogP contribution in [-0.4, -0.2) is 10.2 Å². The molecule has 0 saturated carbocycles. The zero-order chi connectivity index (χ0) is 11.2. The van der Waals surface area contributed by atoms with E-state index in [1.807, 2.05) is 36.4 Å². The van der Waals surface area contributed by atoms with Gasteiger partial charge in [0.25, 0.3) is 0 Å². The SMILES string of the molecule is [CH2]Cc1cc(COCc2ccccc2)n[nH]1. The Balaban J connectivity index is 1.80. The minimum absolute atomic E-state index is 0.533. The van der Waals surface area contributed by atoms with Crippen LogP contribution in [0.25, 0.3) is 0 Å². The van der Waals surface area contributed by atoms with Crippen LogP contribution in [0.4, 0.5) is 0 Å². The molecule has 1 heterocycles. The van der Waals surface area contributed by atoms with Crippen molar-refractivity contribution in [3.05, 3.63) is 60.3 Å². The Morgan fingerprint density at radius 3 is 2.69 bits per heavy atom. The number of aromatic amines is 1. The molecule has 1 aromatic heterocycles. The summed E-state index contributed by atoms with van der Waals surface area (Å²) in [6.45, 7) is 4.94. The summed E-state index contributed by atoms with van der Waals surface area (Å²) in [5.74, 6) is 0. The number of ether oxygens (including phenoxy) is 1. The van der Waals surface area contributed by atoms with Crippen LogP contribution in [-0.2, 0) is 24.4 Å². The maximum absolute atomic E-state index is 5.56. The molecule has 83 valence electrons. The highest BCUT2D eigenvalue weighted by atomic mass is 16.5. The van der Waals surface area contributed by atoms with Gasteiger partial charge in [-0.25, -0.2) is 0 Å². The lowest BCUT2D eigenvalue weighted by Crippen LogP contribution is -1.94. The Hall–Kier alpha value is -1.61. The third-order valence-electron chi connectivity index (χ3n) is 2.31. The van der Waals surface area contributed by atoms with Crippen LogP contribution in [0.5, 0.6) is 0 Å². The van der Waals surface area contributed by atoms with Crippen molar-refractivity contribution >= 4 is 0 Å². The summed E-state index contributed by atoms with van der Waals surface area (Å²) < 4.78 is 5.56. The highest BCUT2D eigenvalue weighted by molar-refractivity contribution is 5.13. The third-order valence-corrected chi connectivity index (χ3v) is 2.31. The smallest absolute Gasteiger partial charge is 0.0911 e. The average Bonchev–Trinajstić information content (AvgIpc) is 2.78. The van der Waals surface area contributed by atoms with Gasteiger partial charge >= 0.3 is 0 Å². The Bertz CT molecular complexity index is 423. The molecule has 3 nitrogen and oxygen atoms in total. The monoisotopic (exact) mass is 215 g/mol. The van der Waals surface area contributed by atoms with Gasteiger partial charge in [0, 0.05) is 5.69 Å². The molecule has 2 rings (SSSR count). The van der Waals surface area contributed by atoms with Crippen LogP contribution in [0, 0.1) is 6.92 Å². The number of H-pyrrole nitrogens is 1. The summed E-state index contributed by atoms with van der Waals surface area (Å²) >= 11 is 0. The predicted molar refractivity (Wildman–Crippen MR) is 62.6 cm³/mol. The maximum atomic E-state index is 5.56. The summed E-state index contributed by atoms with van der Waals surface area (Å²) in [5.41, 5.74) is 3.14. The van der Waals surface area contributed by atoms with Crippen molar-refractivity contribution in [3.8, 4) is 0 Å². The first-order valence-electron chi connectivity index (χ1n) is 5.32. The Morgan fingerprint density at radius 1 is 1.19 bits per heavy atom. The molecule has 0 aliphatic rings. The van der Waals surface area contributed by atoms with Gasteiger partial charge in [0.05, 0.1) is 18.9 Å². The molecular weight excluding hydrogens is 200 g/mol. The molecule has 0 aliphatic heterocycles. The largest absolute Gasteiger partial charge is 0.370 e. The molecule has 0 spiro atoms. The Labute approximate surface area is 95.5 Å². The second kappa shape index (κ2) is 5.47. The van der Waals surface area contributed by atoms with Gasteiger partial charge in [-0.1, -0.05) is 30.3 Å². The van der Waals surface area contributed by atoms with E-state index in [0.29, 0.717) is 13.2 Å². The molecule has 0 saturated heterocycles. The lowest BCUT2D eigenvalue weighted by atomic mass is 10.2. The summed E-state index contributed by atoms with van der Waals surface area (Å²) in [4.78, 5) is 0. The van der Waals surface area contributed by atoms with E-state index in [1.54, 1.807) is 0 Å². The summed E-state index contributed by atoms with van der Waals surface area (Å²) in [6.07, 6.45) is 0.728. The van der Waals surface area contributed by atoms with Crippen molar-refractivity contribution in [2.45, 2.75) is 19.6 Å². The number of rotatable bonds is 5. The fraction of sp³-hybridized carbons (Fsp3) is 0.231. The van der Waals surface area contributed by atoms with E-state index in [9.17, 15) is 0 Å². The molecule has 2 aromatic rings. The highest BCUT2D eigenvalue weighted by Gasteiger charge is 1.99. The van der Waals surface area contributed by atoms with Crippen molar-refractivity contribution < 1.29 is 4.74 Å². The fourth-order valence-electron chi connectivity index (χ4n) is 1.46. The van der Waals surface area contributed by atoms with Gasteiger partial charge in [0.2, 0.25) is 0 Å². The second-order valence-electron chi connectivity index (χ2n) is 3.61. The Morgan fingerprint density at radius 2 is 2.00 bits per heavy atom. The molecule has 16 heavy (non-hydrogen) atoms. The predicted octanol–water partition coefficient (Wildman–Crippen LogP) is 2.50. The molecule has 1 radical (unpaired) electrons. The van der Waals surface area contributed by atoms with Crippen molar-refractivity contribution in [1.82, 2.24) is 10.2 Å². The molecule has 0 aliphatic carbocycles. The van der Waals surface area contributed by atoms with Crippen molar-refractivity contribution in [1.29, 1.82) is 0 Å². The number of aromatic nitrogens is 2. The van der Waals surface area contributed by atoms with Crippen LogP contribution in [0.3, 0.4) is 0 Å². The van der Waals surface area contributed by atoms with Crippen molar-refractivity contribution in [2.24, 2.45) is 0 Å². The van der Waals surface area contributed by atoms with Crippen molar-refractivity contribution in [2.75, 3.05) is 0 Å². The summed E-state index contributed by atoms with van der Waals surface area (Å²) in [7, 11) is 0. The quantitative estimate of drug-likeness (QED) is 0.832. The van der Waals surface area contributed by atoms with Crippen LogP contribution >= 0.6 is 0 Å². The first kappa shape index (κ1) is 10.9. The minimum Gasteiger partial charge on any atom is -0.370 e. The van der Waals surface area contributed by atoms with E-state index < -0.39 is 0 Å². The summed E-state index contributed by atoms with van der Waals surface area (Å²) in [6, 6.07) is 12.1. The number of hydrogen-bond donors (Lipinski definition) is 1. The van der Waals surface area contributed by atoms with Gasteiger partial charge < -0.3 is 4.74 Å². The molecule has 3 heteroatoms. The maximum Gasteiger partial charge on any atom is 0.0911 e. The minimum atomic E-state index is 0.533. The zero-order valence-corrected chi connectivity index (χ0v) is 9.15. The fourth-order valence-corrected chi connectivity index (χ4v) is 1.46. The lowest BCUT2D eigenvalue weighted by Gasteiger charge is -2.01. The molecule has 0 unspecified atom stereocenters. The van der Waals surface area contributed by atoms with Gasteiger partial charge in [-0.2, -0.15) is 5.10 Å². The topological polar surface area (TPSA) is 37.9 Å². The van der Waals surface area contributed by atoms with E-state index in [4.69, 9.17) is 4.74 Å². The number of benzene rings is 1. The van der Waals surface area contributed by atoms with Gasteiger partial charge in [-0.05, 0) is 25.0 Å². The molecule has 0 amide bonds. The zero-order valence-electron chi connectivity index (χ0n) is 9.15. The standard InChI is InChI=1S/C13H15N2O/c1-2-12-8-13(15-14-12)10-16-9-11-6-4-3-5-7-11/h3-8H,1-2,9-10H2,(H,14,15). The average molecular weight is 215 g/mol. The van der Waals surface area contributed by atoms with Gasteiger partial charge in [-0.3, -0.25) is 5.10 Å². The number of hydrogen-bond acceptors (Lipinski definition) is 2. The van der Waals surface area contributed by atoms with E-state index in [0.717, 1.165) is 17.8 Å². The van der Waals surface area contributed by atoms with Gasteiger partial charge in [0.1, 0.15) is 0 Å². The lowest BCUT2D eigenvalue weighted by molar-refractivity contribution is 0.104. The van der Waals surface area contributed by atoms with Crippen LogP contribution < -0.4 is 0 Å². The van der Waals surface area contributed by atoms with Crippen LogP contribution in [0.1, 0.15) is 17.0 Å². The normalized spacial score (nSPS) is 10.6. The van der Waals surface area contributed by atoms with Gasteiger partial charge in [-0.15, -0.1) is 0 Å². The molecular formula is C13H15N2O. The van der Waals surface area contributed by atoms with Crippen molar-refractivity contribution in [3.63, 3.8) is 0 Å². The molecule has 0 bridgehead atoms. The molecule has 0 atom stereocenters. The molecule has 1 N–H and O–H groups in total. The van der Waals surface area contributed by atoms with E-state index in [-0.39, 0.29) is 0 Å². The Kier molecular flexibility index (Phi) is 3.72.